The molecule has 0 radical (unpaired) electrons. The van der Waals surface area contributed by atoms with E-state index in [9.17, 15) is 8.42 Å². The third-order valence-electron chi connectivity index (χ3n) is 2.51. The van der Waals surface area contributed by atoms with Gasteiger partial charge in [-0.15, -0.1) is 0 Å². The third-order valence-corrected chi connectivity index (χ3v) is 4.32. The van der Waals surface area contributed by atoms with Crippen molar-refractivity contribution in [3.63, 3.8) is 0 Å². The second kappa shape index (κ2) is 6.86. The maximum absolute atomic E-state index is 12.1. The van der Waals surface area contributed by atoms with E-state index in [0.717, 1.165) is 12.8 Å². The Kier molecular flexibility index (Phi) is 5.77. The smallest absolute Gasteiger partial charge is 0.220 e. The average molecular weight is 276 g/mol. The van der Waals surface area contributed by atoms with Crippen molar-refractivity contribution in [3.8, 4) is 0 Å². The van der Waals surface area contributed by atoms with Crippen LogP contribution < -0.4 is 0 Å². The molecule has 0 amide bonds. The van der Waals surface area contributed by atoms with Crippen molar-refractivity contribution in [1.82, 2.24) is 9.46 Å². The molecule has 0 saturated heterocycles. The van der Waals surface area contributed by atoms with Crippen molar-refractivity contribution in [3.05, 3.63) is 17.5 Å². The van der Waals surface area contributed by atoms with Crippen molar-refractivity contribution >= 4 is 10.0 Å². The van der Waals surface area contributed by atoms with Crippen LogP contribution in [0.3, 0.4) is 0 Å². The Hall–Kier alpha value is -0.920. The van der Waals surface area contributed by atoms with Gasteiger partial charge in [0.1, 0.15) is 17.2 Å². The molecular formula is C11H20N2O4S. The van der Waals surface area contributed by atoms with Gasteiger partial charge in [0.2, 0.25) is 10.0 Å². The number of aliphatic hydroxyl groups is 1. The topological polar surface area (TPSA) is 83.6 Å². The maximum atomic E-state index is 12.1. The van der Waals surface area contributed by atoms with Crippen LogP contribution in [-0.4, -0.2) is 42.7 Å². The molecule has 7 heteroatoms. The number of hydrogen-bond donors (Lipinski definition) is 1. The minimum atomic E-state index is -3.45. The molecule has 0 bridgehead atoms. The molecule has 0 spiro atoms. The predicted octanol–water partition coefficient (Wildman–Crippen LogP) is 0.907. The number of rotatable bonds is 8. The molecule has 0 aliphatic heterocycles. The number of aryl methyl sites for hydroxylation is 1. The van der Waals surface area contributed by atoms with Crippen LogP contribution in [0.15, 0.2) is 10.6 Å². The largest absolute Gasteiger partial charge is 0.395 e. The second-order valence-corrected chi connectivity index (χ2v) is 6.13. The van der Waals surface area contributed by atoms with Gasteiger partial charge >= 0.3 is 0 Å². The Balaban J connectivity index is 2.74. The van der Waals surface area contributed by atoms with Crippen molar-refractivity contribution in [2.24, 2.45) is 0 Å². The van der Waals surface area contributed by atoms with Crippen LogP contribution in [0, 0.1) is 6.92 Å². The van der Waals surface area contributed by atoms with Gasteiger partial charge in [-0.1, -0.05) is 18.5 Å². The highest BCUT2D eigenvalue weighted by Gasteiger charge is 2.23. The van der Waals surface area contributed by atoms with Crippen LogP contribution in [-0.2, 0) is 15.8 Å². The van der Waals surface area contributed by atoms with Crippen molar-refractivity contribution in [2.45, 2.75) is 32.4 Å². The summed E-state index contributed by atoms with van der Waals surface area (Å²) in [6, 6.07) is 1.61. The lowest BCUT2D eigenvalue weighted by molar-refractivity contribution is 0.252. The van der Waals surface area contributed by atoms with E-state index in [1.54, 1.807) is 13.0 Å². The fraction of sp³-hybridized carbons (Fsp3) is 0.727. The summed E-state index contributed by atoms with van der Waals surface area (Å²) < 4.78 is 30.4. The van der Waals surface area contributed by atoms with Gasteiger partial charge in [-0.05, 0) is 13.3 Å². The lowest BCUT2D eigenvalue weighted by Crippen LogP contribution is -2.35. The minimum Gasteiger partial charge on any atom is -0.395 e. The fourth-order valence-electron chi connectivity index (χ4n) is 1.60. The number of unbranched alkanes of at least 4 members (excludes halogenated alkanes) is 1. The van der Waals surface area contributed by atoms with E-state index >= 15 is 0 Å². The molecule has 1 rings (SSSR count). The summed E-state index contributed by atoms with van der Waals surface area (Å²) in [6.45, 7) is 4.08. The van der Waals surface area contributed by atoms with Gasteiger partial charge in [0.25, 0.3) is 0 Å². The Morgan fingerprint density at radius 1 is 1.44 bits per heavy atom. The highest BCUT2D eigenvalue weighted by atomic mass is 32.2. The summed E-state index contributed by atoms with van der Waals surface area (Å²) in [5.41, 5.74) is 0.395. The quantitative estimate of drug-likeness (QED) is 0.763. The van der Waals surface area contributed by atoms with E-state index in [2.05, 4.69) is 5.16 Å². The van der Waals surface area contributed by atoms with Crippen LogP contribution in [0.1, 0.15) is 31.2 Å². The first-order valence-corrected chi connectivity index (χ1v) is 7.61. The summed E-state index contributed by atoms with van der Waals surface area (Å²) in [5, 5.41) is 12.6. The molecule has 18 heavy (non-hydrogen) atoms. The summed E-state index contributed by atoms with van der Waals surface area (Å²) in [7, 11) is -3.45. The predicted molar refractivity (Wildman–Crippen MR) is 67.4 cm³/mol. The first-order valence-electron chi connectivity index (χ1n) is 6.00. The molecule has 6 nitrogen and oxygen atoms in total. The van der Waals surface area contributed by atoms with E-state index in [0.29, 0.717) is 18.0 Å². The molecule has 0 fully saturated rings. The summed E-state index contributed by atoms with van der Waals surface area (Å²) in [4.78, 5) is 0. The Morgan fingerprint density at radius 3 is 2.67 bits per heavy atom. The standard InChI is InChI=1S/C11H20N2O4S/c1-3-4-5-13(6-7-14)18(15,16)9-11-8-10(2)17-12-11/h8,14H,3-7,9H2,1-2H3. The number of nitrogens with zero attached hydrogens (tertiary/aromatic N) is 2. The molecule has 0 aromatic carbocycles. The van der Waals surface area contributed by atoms with Gasteiger partial charge in [0, 0.05) is 19.2 Å². The number of hydrogen-bond acceptors (Lipinski definition) is 5. The first kappa shape index (κ1) is 15.1. The SMILES string of the molecule is CCCCN(CCO)S(=O)(=O)Cc1cc(C)on1. The lowest BCUT2D eigenvalue weighted by Gasteiger charge is -2.20. The zero-order valence-corrected chi connectivity index (χ0v) is 11.6. The van der Waals surface area contributed by atoms with Gasteiger partial charge in [0.15, 0.2) is 0 Å². The molecule has 1 aromatic heterocycles. The van der Waals surface area contributed by atoms with Gasteiger partial charge < -0.3 is 9.63 Å². The molecular weight excluding hydrogens is 256 g/mol. The Labute approximate surface area is 108 Å². The van der Waals surface area contributed by atoms with E-state index < -0.39 is 10.0 Å². The molecule has 0 aliphatic rings. The fourth-order valence-corrected chi connectivity index (χ4v) is 3.06. The van der Waals surface area contributed by atoms with Gasteiger partial charge in [-0.25, -0.2) is 8.42 Å². The normalized spacial score (nSPS) is 12.2. The average Bonchev–Trinajstić information content (AvgIpc) is 2.69. The molecule has 1 heterocycles. The van der Waals surface area contributed by atoms with E-state index in [1.165, 1.54) is 4.31 Å². The highest BCUT2D eigenvalue weighted by molar-refractivity contribution is 7.88. The van der Waals surface area contributed by atoms with E-state index in [4.69, 9.17) is 9.63 Å². The van der Waals surface area contributed by atoms with Crippen molar-refractivity contribution in [2.75, 3.05) is 19.7 Å². The van der Waals surface area contributed by atoms with Crippen LogP contribution in [0.5, 0.6) is 0 Å². The molecule has 0 aliphatic carbocycles. The van der Waals surface area contributed by atoms with Gasteiger partial charge in [0.05, 0.1) is 6.61 Å². The molecule has 1 N–H and O–H groups in total. The Morgan fingerprint density at radius 2 is 2.17 bits per heavy atom. The molecule has 0 saturated carbocycles. The molecule has 104 valence electrons. The van der Waals surface area contributed by atoms with Crippen LogP contribution in [0.2, 0.25) is 0 Å². The first-order chi connectivity index (χ1) is 8.49. The van der Waals surface area contributed by atoms with Crippen LogP contribution >= 0.6 is 0 Å². The van der Waals surface area contributed by atoms with Crippen LogP contribution in [0.25, 0.3) is 0 Å². The van der Waals surface area contributed by atoms with Crippen LogP contribution in [0.4, 0.5) is 0 Å². The second-order valence-electron chi connectivity index (χ2n) is 4.16. The zero-order chi connectivity index (χ0) is 13.6. The zero-order valence-electron chi connectivity index (χ0n) is 10.8. The minimum absolute atomic E-state index is 0.124. The third kappa shape index (κ3) is 4.40. The summed E-state index contributed by atoms with van der Waals surface area (Å²) in [6.07, 6.45) is 1.68. The maximum Gasteiger partial charge on any atom is 0.220 e. The van der Waals surface area contributed by atoms with Gasteiger partial charge in [-0.3, -0.25) is 0 Å². The summed E-state index contributed by atoms with van der Waals surface area (Å²) >= 11 is 0. The number of aromatic nitrogens is 1. The van der Waals surface area contributed by atoms with Crippen molar-refractivity contribution in [1.29, 1.82) is 0 Å². The van der Waals surface area contributed by atoms with Gasteiger partial charge in [-0.2, -0.15) is 4.31 Å². The number of aliphatic hydroxyl groups excluding tert-OH is 1. The van der Waals surface area contributed by atoms with E-state index in [1.807, 2.05) is 6.92 Å². The molecule has 0 atom stereocenters. The lowest BCUT2D eigenvalue weighted by atomic mass is 10.3. The van der Waals surface area contributed by atoms with E-state index in [-0.39, 0.29) is 18.9 Å². The highest BCUT2D eigenvalue weighted by Crippen LogP contribution is 2.12. The number of sulfonamides is 1. The monoisotopic (exact) mass is 276 g/mol. The molecule has 1 aromatic rings. The summed E-state index contributed by atoms with van der Waals surface area (Å²) in [5.74, 6) is 0.399. The van der Waals surface area contributed by atoms with Crippen molar-refractivity contribution < 1.29 is 18.0 Å². The molecule has 0 unspecified atom stereocenters. The Bertz CT molecular complexity index is 455.